The van der Waals surface area contributed by atoms with Crippen LogP contribution in [0.25, 0.3) is 100 Å². The van der Waals surface area contributed by atoms with E-state index in [0.29, 0.717) is 11.5 Å². The maximum atomic E-state index is 6.39. The molecular weight excluding hydrogens is 669 g/mol. The van der Waals surface area contributed by atoms with Crippen LogP contribution in [0.5, 0.6) is 0 Å². The van der Waals surface area contributed by atoms with Gasteiger partial charge in [-0.2, -0.15) is 4.98 Å². The fourth-order valence-corrected chi connectivity index (χ4v) is 7.54. The molecule has 0 fully saturated rings. The molecule has 0 atom stereocenters. The van der Waals surface area contributed by atoms with Crippen molar-refractivity contribution in [3.63, 3.8) is 0 Å². The molecule has 3 nitrogen and oxygen atoms in total. The minimum Gasteiger partial charge on any atom is -0.438 e. The highest BCUT2D eigenvalue weighted by Gasteiger charge is 2.19. The average Bonchev–Trinajstić information content (AvgIpc) is 3.66. The van der Waals surface area contributed by atoms with Crippen LogP contribution in [0.2, 0.25) is 0 Å². The quantitative estimate of drug-likeness (QED) is 0.166. The summed E-state index contributed by atoms with van der Waals surface area (Å²) >= 11 is 0. The predicted octanol–water partition coefficient (Wildman–Crippen LogP) is 14.0. The lowest BCUT2D eigenvalue weighted by molar-refractivity contribution is 0.653. The largest absolute Gasteiger partial charge is 0.438 e. The van der Waals surface area contributed by atoms with Crippen molar-refractivity contribution in [2.24, 2.45) is 0 Å². The highest BCUT2D eigenvalue weighted by atomic mass is 16.3. The monoisotopic (exact) mass is 702 g/mol. The SMILES string of the molecule is c1ccc(-c2cccc(-c3cccc(-c4cccc(-c5cccc(-c6nc(-c7cccc(-c8ccccc8)c7)c7c(n6)oc6ccccc67)c5)c4)c3)c2)cc1. The van der Waals surface area contributed by atoms with E-state index in [4.69, 9.17) is 14.4 Å². The first kappa shape index (κ1) is 32.3. The van der Waals surface area contributed by atoms with E-state index in [1.165, 1.54) is 27.8 Å². The Balaban J connectivity index is 1.03. The predicted molar refractivity (Wildman–Crippen MR) is 227 cm³/mol. The number of fused-ring (bicyclic) bond motifs is 3. The first-order valence-corrected chi connectivity index (χ1v) is 18.6. The molecule has 2 heterocycles. The number of hydrogen-bond acceptors (Lipinski definition) is 3. The summed E-state index contributed by atoms with van der Waals surface area (Å²) in [6.07, 6.45) is 0. The lowest BCUT2D eigenvalue weighted by atomic mass is 9.94. The van der Waals surface area contributed by atoms with Crippen molar-refractivity contribution in [1.29, 1.82) is 0 Å². The summed E-state index contributed by atoms with van der Waals surface area (Å²) in [6.45, 7) is 0. The zero-order valence-corrected chi connectivity index (χ0v) is 29.9. The standard InChI is InChI=1S/C52H34N2O/c1-3-14-35(15-4-1)37-18-9-20-39(30-37)40-21-10-22-41(31-40)42-23-11-24-43(32-42)44-25-13-27-46(34-44)51-53-50(49-47-28-7-8-29-48(47)55-52(49)54-51)45-26-12-19-38(33-45)36-16-5-2-6-17-36/h1-34H. The molecular formula is C52H34N2O. The van der Waals surface area contributed by atoms with Crippen LogP contribution in [0.4, 0.5) is 0 Å². The van der Waals surface area contributed by atoms with E-state index in [2.05, 4.69) is 182 Å². The van der Waals surface area contributed by atoms with Crippen LogP contribution in [-0.4, -0.2) is 9.97 Å². The molecule has 0 spiro atoms. The number of furan rings is 1. The minimum absolute atomic E-state index is 0.577. The molecule has 0 aliphatic rings. The van der Waals surface area contributed by atoms with E-state index in [1.54, 1.807) is 0 Å². The molecule has 55 heavy (non-hydrogen) atoms. The highest BCUT2D eigenvalue weighted by Crippen LogP contribution is 2.38. The fourth-order valence-electron chi connectivity index (χ4n) is 7.54. The van der Waals surface area contributed by atoms with Crippen molar-refractivity contribution in [3.05, 3.63) is 206 Å². The molecule has 258 valence electrons. The molecule has 8 aromatic carbocycles. The third-order valence-electron chi connectivity index (χ3n) is 10.3. The average molecular weight is 703 g/mol. The van der Waals surface area contributed by atoms with Crippen molar-refractivity contribution in [1.82, 2.24) is 9.97 Å². The Morgan fingerprint density at radius 3 is 1.16 bits per heavy atom. The van der Waals surface area contributed by atoms with Crippen LogP contribution >= 0.6 is 0 Å². The Morgan fingerprint density at radius 1 is 0.291 bits per heavy atom. The molecule has 0 radical (unpaired) electrons. The summed E-state index contributed by atoms with van der Waals surface area (Å²) in [5, 5.41) is 1.92. The van der Waals surface area contributed by atoms with Crippen LogP contribution in [-0.2, 0) is 0 Å². The topological polar surface area (TPSA) is 38.9 Å². The Labute approximate surface area is 319 Å². The van der Waals surface area contributed by atoms with Crippen molar-refractivity contribution in [3.8, 4) is 78.3 Å². The first-order chi connectivity index (χ1) is 27.2. The first-order valence-electron chi connectivity index (χ1n) is 18.6. The number of aromatic nitrogens is 2. The van der Waals surface area contributed by atoms with Crippen molar-refractivity contribution >= 4 is 22.1 Å². The summed E-state index contributed by atoms with van der Waals surface area (Å²) in [6, 6.07) is 72.5. The molecule has 0 saturated heterocycles. The van der Waals surface area contributed by atoms with Gasteiger partial charge in [0.2, 0.25) is 5.71 Å². The Hall–Kier alpha value is -7.36. The second-order valence-corrected chi connectivity index (χ2v) is 13.8. The molecule has 0 bridgehead atoms. The zero-order chi connectivity index (χ0) is 36.6. The van der Waals surface area contributed by atoms with Gasteiger partial charge in [0.25, 0.3) is 0 Å². The molecule has 10 rings (SSSR count). The Kier molecular flexibility index (Phi) is 8.16. The van der Waals surface area contributed by atoms with Crippen LogP contribution < -0.4 is 0 Å². The molecule has 0 aliphatic carbocycles. The molecule has 0 aliphatic heterocycles. The highest BCUT2D eigenvalue weighted by molar-refractivity contribution is 6.10. The van der Waals surface area contributed by atoms with E-state index in [9.17, 15) is 0 Å². The second kappa shape index (κ2) is 13.9. The normalized spacial score (nSPS) is 11.3. The van der Waals surface area contributed by atoms with E-state index < -0.39 is 0 Å². The lowest BCUT2D eigenvalue weighted by Gasteiger charge is -2.11. The number of benzene rings is 8. The summed E-state index contributed by atoms with van der Waals surface area (Å²) in [4.78, 5) is 10.3. The molecule has 2 aromatic heterocycles. The molecule has 0 N–H and O–H groups in total. The Morgan fingerprint density at radius 2 is 0.655 bits per heavy atom. The van der Waals surface area contributed by atoms with Gasteiger partial charge in [-0.15, -0.1) is 0 Å². The fraction of sp³-hybridized carbons (Fsp3) is 0. The van der Waals surface area contributed by atoms with E-state index >= 15 is 0 Å². The van der Waals surface area contributed by atoms with Crippen LogP contribution in [0, 0.1) is 0 Å². The molecule has 0 saturated carbocycles. The summed E-state index contributed by atoms with van der Waals surface area (Å²) in [5.41, 5.74) is 15.8. The minimum atomic E-state index is 0.577. The molecule has 0 amide bonds. The number of nitrogens with zero attached hydrogens (tertiary/aromatic N) is 2. The molecule has 10 aromatic rings. The maximum Gasteiger partial charge on any atom is 0.231 e. The smallest absolute Gasteiger partial charge is 0.231 e. The van der Waals surface area contributed by atoms with Crippen LogP contribution in [0.3, 0.4) is 0 Å². The van der Waals surface area contributed by atoms with Crippen molar-refractivity contribution in [2.45, 2.75) is 0 Å². The van der Waals surface area contributed by atoms with Crippen molar-refractivity contribution in [2.75, 3.05) is 0 Å². The maximum absolute atomic E-state index is 6.39. The van der Waals surface area contributed by atoms with Gasteiger partial charge < -0.3 is 4.42 Å². The van der Waals surface area contributed by atoms with Crippen LogP contribution in [0.15, 0.2) is 211 Å². The van der Waals surface area contributed by atoms with Gasteiger partial charge in [-0.25, -0.2) is 4.98 Å². The van der Waals surface area contributed by atoms with E-state index in [0.717, 1.165) is 61.0 Å². The molecule has 3 heteroatoms. The third kappa shape index (κ3) is 6.28. The summed E-state index contributed by atoms with van der Waals surface area (Å²) < 4.78 is 6.39. The van der Waals surface area contributed by atoms with Gasteiger partial charge in [0.05, 0.1) is 11.1 Å². The Bertz CT molecular complexity index is 2980. The van der Waals surface area contributed by atoms with Gasteiger partial charge in [-0.3, -0.25) is 0 Å². The van der Waals surface area contributed by atoms with Gasteiger partial charge in [-0.1, -0.05) is 170 Å². The second-order valence-electron chi connectivity index (χ2n) is 13.8. The van der Waals surface area contributed by atoms with E-state index in [1.807, 2.05) is 24.3 Å². The van der Waals surface area contributed by atoms with Crippen LogP contribution in [0.1, 0.15) is 0 Å². The zero-order valence-electron chi connectivity index (χ0n) is 29.9. The summed E-state index contributed by atoms with van der Waals surface area (Å²) in [5.74, 6) is 0.620. The molecule has 0 unspecified atom stereocenters. The van der Waals surface area contributed by atoms with Gasteiger partial charge in [-0.05, 0) is 92.0 Å². The van der Waals surface area contributed by atoms with Crippen molar-refractivity contribution < 1.29 is 4.42 Å². The van der Waals surface area contributed by atoms with E-state index in [-0.39, 0.29) is 0 Å². The number of hydrogen-bond donors (Lipinski definition) is 0. The summed E-state index contributed by atoms with van der Waals surface area (Å²) in [7, 11) is 0. The van der Waals surface area contributed by atoms with Gasteiger partial charge >= 0.3 is 0 Å². The van der Waals surface area contributed by atoms with Gasteiger partial charge in [0.1, 0.15) is 5.58 Å². The van der Waals surface area contributed by atoms with Gasteiger partial charge in [0.15, 0.2) is 5.82 Å². The lowest BCUT2D eigenvalue weighted by Crippen LogP contribution is -1.94. The van der Waals surface area contributed by atoms with Gasteiger partial charge in [0, 0.05) is 16.5 Å². The number of para-hydroxylation sites is 1. The third-order valence-corrected chi connectivity index (χ3v) is 10.3. The number of rotatable bonds is 7.